The number of aryl methyl sites for hydroxylation is 1. The second kappa shape index (κ2) is 9.20. The van der Waals surface area contributed by atoms with Crippen LogP contribution in [0.4, 0.5) is 14.5 Å². The SMILES string of the molecule is Cc1ccc(F)cc1NC(=O)C(C)N1CCCN(S(=O)(=O)c2ccc(F)cc2)CC1. The van der Waals surface area contributed by atoms with E-state index in [9.17, 15) is 22.0 Å². The van der Waals surface area contributed by atoms with Crippen LogP contribution in [-0.2, 0) is 14.8 Å². The van der Waals surface area contributed by atoms with Gasteiger partial charge in [-0.3, -0.25) is 9.69 Å². The van der Waals surface area contributed by atoms with Crippen LogP contribution in [0.3, 0.4) is 0 Å². The molecule has 3 rings (SSSR count). The van der Waals surface area contributed by atoms with E-state index in [-0.39, 0.29) is 17.3 Å². The third-order valence-electron chi connectivity index (χ3n) is 5.33. The Kier molecular flexibility index (Phi) is 6.84. The molecule has 162 valence electrons. The van der Waals surface area contributed by atoms with Gasteiger partial charge in [0.1, 0.15) is 11.6 Å². The molecule has 1 aliphatic heterocycles. The van der Waals surface area contributed by atoms with Gasteiger partial charge in [-0.1, -0.05) is 6.07 Å². The van der Waals surface area contributed by atoms with Crippen molar-refractivity contribution in [3.05, 3.63) is 59.7 Å². The monoisotopic (exact) mass is 437 g/mol. The molecule has 30 heavy (non-hydrogen) atoms. The molecule has 0 spiro atoms. The van der Waals surface area contributed by atoms with Gasteiger partial charge in [0.25, 0.3) is 0 Å². The molecule has 1 heterocycles. The maximum Gasteiger partial charge on any atom is 0.243 e. The van der Waals surface area contributed by atoms with Gasteiger partial charge in [0, 0.05) is 31.9 Å². The largest absolute Gasteiger partial charge is 0.324 e. The summed E-state index contributed by atoms with van der Waals surface area (Å²) < 4.78 is 53.7. The van der Waals surface area contributed by atoms with Crippen LogP contribution in [-0.4, -0.2) is 55.8 Å². The van der Waals surface area contributed by atoms with Crippen LogP contribution in [0.2, 0.25) is 0 Å². The molecule has 1 amide bonds. The summed E-state index contributed by atoms with van der Waals surface area (Å²) >= 11 is 0. The summed E-state index contributed by atoms with van der Waals surface area (Å²) in [5.74, 6) is -1.21. The molecule has 0 aliphatic carbocycles. The third-order valence-corrected chi connectivity index (χ3v) is 7.24. The lowest BCUT2D eigenvalue weighted by Gasteiger charge is -2.27. The molecule has 1 fully saturated rings. The van der Waals surface area contributed by atoms with E-state index in [1.54, 1.807) is 19.9 Å². The molecule has 6 nitrogen and oxygen atoms in total. The van der Waals surface area contributed by atoms with Crippen molar-refractivity contribution < 1.29 is 22.0 Å². The van der Waals surface area contributed by atoms with Crippen LogP contribution in [0.15, 0.2) is 47.4 Å². The maximum absolute atomic E-state index is 13.5. The van der Waals surface area contributed by atoms with Gasteiger partial charge in [-0.2, -0.15) is 4.31 Å². The summed E-state index contributed by atoms with van der Waals surface area (Å²) in [6.45, 7) is 4.98. The molecule has 1 aliphatic rings. The summed E-state index contributed by atoms with van der Waals surface area (Å²) in [6.07, 6.45) is 0.553. The van der Waals surface area contributed by atoms with Crippen molar-refractivity contribution >= 4 is 21.6 Å². The van der Waals surface area contributed by atoms with Crippen LogP contribution in [0, 0.1) is 18.6 Å². The Morgan fingerprint density at radius 1 is 1.00 bits per heavy atom. The van der Waals surface area contributed by atoms with E-state index in [1.165, 1.54) is 28.6 Å². The van der Waals surface area contributed by atoms with E-state index in [0.29, 0.717) is 31.7 Å². The highest BCUT2D eigenvalue weighted by atomic mass is 32.2. The predicted molar refractivity (Wildman–Crippen MR) is 111 cm³/mol. The number of anilines is 1. The molecule has 0 saturated carbocycles. The number of nitrogens with zero attached hydrogens (tertiary/aromatic N) is 2. The number of hydrogen-bond donors (Lipinski definition) is 1. The van der Waals surface area contributed by atoms with Gasteiger partial charge in [0.05, 0.1) is 10.9 Å². The molecule has 0 bridgehead atoms. The summed E-state index contributed by atoms with van der Waals surface area (Å²) in [5.41, 5.74) is 1.17. The van der Waals surface area contributed by atoms with E-state index in [2.05, 4.69) is 5.32 Å². The second-order valence-corrected chi connectivity index (χ2v) is 9.31. The predicted octanol–water partition coefficient (Wildman–Crippen LogP) is 3.00. The van der Waals surface area contributed by atoms with Crippen molar-refractivity contribution in [2.24, 2.45) is 0 Å². The van der Waals surface area contributed by atoms with Crippen LogP contribution in [0.5, 0.6) is 0 Å². The van der Waals surface area contributed by atoms with Gasteiger partial charge in [-0.15, -0.1) is 0 Å². The number of carbonyl (C=O) groups excluding carboxylic acids is 1. The van der Waals surface area contributed by atoms with Gasteiger partial charge >= 0.3 is 0 Å². The van der Waals surface area contributed by atoms with Crippen molar-refractivity contribution in [3.8, 4) is 0 Å². The lowest BCUT2D eigenvalue weighted by molar-refractivity contribution is -0.120. The quantitative estimate of drug-likeness (QED) is 0.781. The van der Waals surface area contributed by atoms with Crippen LogP contribution in [0.25, 0.3) is 0 Å². The minimum Gasteiger partial charge on any atom is -0.324 e. The zero-order valence-corrected chi connectivity index (χ0v) is 17.8. The van der Waals surface area contributed by atoms with Crippen molar-refractivity contribution in [1.82, 2.24) is 9.21 Å². The van der Waals surface area contributed by atoms with E-state index in [1.807, 2.05) is 4.90 Å². The first-order valence-corrected chi connectivity index (χ1v) is 11.2. The first kappa shape index (κ1) is 22.3. The third kappa shape index (κ3) is 5.03. The number of benzene rings is 2. The smallest absolute Gasteiger partial charge is 0.243 e. The van der Waals surface area contributed by atoms with Crippen molar-refractivity contribution in [2.45, 2.75) is 31.2 Å². The van der Waals surface area contributed by atoms with Gasteiger partial charge in [0.15, 0.2) is 0 Å². The van der Waals surface area contributed by atoms with Gasteiger partial charge in [-0.05, 0) is 62.2 Å². The van der Waals surface area contributed by atoms with Gasteiger partial charge in [0.2, 0.25) is 15.9 Å². The Hall–Kier alpha value is -2.36. The Balaban J connectivity index is 1.66. The second-order valence-electron chi connectivity index (χ2n) is 7.37. The Bertz CT molecular complexity index is 1010. The number of carbonyl (C=O) groups is 1. The lowest BCUT2D eigenvalue weighted by atomic mass is 10.1. The zero-order chi connectivity index (χ0) is 21.9. The standard InChI is InChI=1S/C21H25F2N3O3S/c1-15-4-5-18(23)14-20(15)24-21(27)16(2)25-10-3-11-26(13-12-25)30(28,29)19-8-6-17(22)7-9-19/h4-9,14,16H,3,10-13H2,1-2H3,(H,24,27). The normalized spacial score (nSPS) is 17.3. The van der Waals surface area contributed by atoms with Crippen molar-refractivity contribution in [1.29, 1.82) is 0 Å². The number of rotatable bonds is 5. The fourth-order valence-corrected chi connectivity index (χ4v) is 4.90. The first-order valence-electron chi connectivity index (χ1n) is 9.75. The molecular formula is C21H25F2N3O3S. The molecule has 0 aromatic heterocycles. The molecule has 1 atom stereocenters. The highest BCUT2D eigenvalue weighted by Gasteiger charge is 2.30. The fraction of sp³-hybridized carbons (Fsp3) is 0.381. The van der Waals surface area contributed by atoms with Gasteiger partial charge in [-0.25, -0.2) is 17.2 Å². The minimum absolute atomic E-state index is 0.0460. The number of halogens is 2. The Labute approximate surface area is 175 Å². The molecule has 0 radical (unpaired) electrons. The molecule has 1 saturated heterocycles. The van der Waals surface area contributed by atoms with E-state index >= 15 is 0 Å². The van der Waals surface area contributed by atoms with Crippen LogP contribution in [0.1, 0.15) is 18.9 Å². The van der Waals surface area contributed by atoms with E-state index in [4.69, 9.17) is 0 Å². The van der Waals surface area contributed by atoms with Crippen molar-refractivity contribution in [3.63, 3.8) is 0 Å². The highest BCUT2D eigenvalue weighted by Crippen LogP contribution is 2.20. The number of hydrogen-bond acceptors (Lipinski definition) is 4. The minimum atomic E-state index is -3.73. The maximum atomic E-state index is 13.5. The molecule has 1 unspecified atom stereocenters. The fourth-order valence-electron chi connectivity index (χ4n) is 3.43. The Morgan fingerprint density at radius 2 is 1.67 bits per heavy atom. The van der Waals surface area contributed by atoms with Crippen molar-refractivity contribution in [2.75, 3.05) is 31.5 Å². The van der Waals surface area contributed by atoms with E-state index in [0.717, 1.165) is 17.7 Å². The highest BCUT2D eigenvalue weighted by molar-refractivity contribution is 7.89. The average molecular weight is 438 g/mol. The molecule has 1 N–H and O–H groups in total. The molecule has 9 heteroatoms. The molecule has 2 aromatic carbocycles. The Morgan fingerprint density at radius 3 is 2.37 bits per heavy atom. The number of nitrogens with one attached hydrogen (secondary N) is 1. The first-order chi connectivity index (χ1) is 14.2. The van der Waals surface area contributed by atoms with E-state index < -0.39 is 27.7 Å². The summed E-state index contributed by atoms with van der Waals surface area (Å²) in [4.78, 5) is 14.6. The zero-order valence-electron chi connectivity index (χ0n) is 16.9. The summed E-state index contributed by atoms with van der Waals surface area (Å²) in [7, 11) is -3.73. The van der Waals surface area contributed by atoms with Crippen LogP contribution >= 0.6 is 0 Å². The van der Waals surface area contributed by atoms with Crippen LogP contribution < -0.4 is 5.32 Å². The lowest BCUT2D eigenvalue weighted by Crippen LogP contribution is -2.44. The topological polar surface area (TPSA) is 69.7 Å². The van der Waals surface area contributed by atoms with Gasteiger partial charge < -0.3 is 5.32 Å². The number of sulfonamides is 1. The molecule has 2 aromatic rings. The number of amides is 1. The average Bonchev–Trinajstić information content (AvgIpc) is 2.97. The summed E-state index contributed by atoms with van der Waals surface area (Å²) in [6, 6.07) is 8.45. The molecular weight excluding hydrogens is 412 g/mol. The summed E-state index contributed by atoms with van der Waals surface area (Å²) in [5, 5.41) is 2.75.